The highest BCUT2D eigenvalue weighted by Crippen LogP contribution is 2.09. The third-order valence-corrected chi connectivity index (χ3v) is 3.96. The molecule has 24 heavy (non-hydrogen) atoms. The first kappa shape index (κ1) is 20.5. The van der Waals surface area contributed by atoms with Gasteiger partial charge in [0.2, 0.25) is 11.8 Å². The second-order valence-corrected chi connectivity index (χ2v) is 6.35. The van der Waals surface area contributed by atoms with E-state index in [-0.39, 0.29) is 42.7 Å². The second kappa shape index (κ2) is 10.3. The molecule has 1 unspecified atom stereocenters. The molecule has 1 saturated heterocycles. The number of hydrogen-bond acceptors (Lipinski definition) is 3. The molecule has 5 nitrogen and oxygen atoms in total. The van der Waals surface area contributed by atoms with Crippen LogP contribution in [0.2, 0.25) is 0 Å². The first-order valence-corrected chi connectivity index (χ1v) is 8.41. The summed E-state index contributed by atoms with van der Waals surface area (Å²) in [6.45, 7) is 6.05. The average molecular weight is 354 g/mol. The van der Waals surface area contributed by atoms with Crippen molar-refractivity contribution in [2.75, 3.05) is 19.6 Å². The Morgan fingerprint density at radius 3 is 2.71 bits per heavy atom. The van der Waals surface area contributed by atoms with E-state index in [2.05, 4.69) is 22.8 Å². The van der Waals surface area contributed by atoms with E-state index in [0.29, 0.717) is 0 Å². The Balaban J connectivity index is 0.00000288. The first-order chi connectivity index (χ1) is 11.1. The van der Waals surface area contributed by atoms with Crippen molar-refractivity contribution in [3.63, 3.8) is 0 Å². The van der Waals surface area contributed by atoms with Gasteiger partial charge in [-0.2, -0.15) is 0 Å². The van der Waals surface area contributed by atoms with Crippen LogP contribution in [0.3, 0.4) is 0 Å². The summed E-state index contributed by atoms with van der Waals surface area (Å²) in [6.07, 6.45) is 2.13. The van der Waals surface area contributed by atoms with Gasteiger partial charge in [-0.15, -0.1) is 12.4 Å². The molecule has 2 rings (SSSR count). The number of piperazine rings is 1. The first-order valence-electron chi connectivity index (χ1n) is 8.41. The predicted molar refractivity (Wildman–Crippen MR) is 98.3 cm³/mol. The highest BCUT2D eigenvalue weighted by atomic mass is 35.5. The largest absolute Gasteiger partial charge is 0.354 e. The smallest absolute Gasteiger partial charge is 0.240 e. The van der Waals surface area contributed by atoms with E-state index < -0.39 is 0 Å². The van der Waals surface area contributed by atoms with Crippen LogP contribution in [0, 0.1) is 0 Å². The van der Waals surface area contributed by atoms with E-state index in [1.165, 1.54) is 5.56 Å². The quantitative estimate of drug-likeness (QED) is 0.785. The van der Waals surface area contributed by atoms with Crippen LogP contribution in [0.1, 0.15) is 32.3 Å². The van der Waals surface area contributed by atoms with Gasteiger partial charge in [0.1, 0.15) is 0 Å². The lowest BCUT2D eigenvalue weighted by molar-refractivity contribution is -0.138. The Morgan fingerprint density at radius 2 is 2.04 bits per heavy atom. The van der Waals surface area contributed by atoms with Crippen molar-refractivity contribution in [2.45, 2.75) is 45.2 Å². The van der Waals surface area contributed by atoms with Crippen LogP contribution in [-0.4, -0.2) is 48.4 Å². The minimum Gasteiger partial charge on any atom is -0.354 e. The number of carbonyl (C=O) groups excluding carboxylic acids is 2. The maximum Gasteiger partial charge on any atom is 0.240 e. The van der Waals surface area contributed by atoms with Crippen molar-refractivity contribution in [2.24, 2.45) is 0 Å². The Bertz CT molecular complexity index is 522. The number of amides is 2. The normalized spacial score (nSPS) is 17.5. The monoisotopic (exact) mass is 353 g/mol. The van der Waals surface area contributed by atoms with Gasteiger partial charge in [-0.25, -0.2) is 0 Å². The zero-order chi connectivity index (χ0) is 16.7. The van der Waals surface area contributed by atoms with E-state index in [1.807, 2.05) is 36.9 Å². The summed E-state index contributed by atoms with van der Waals surface area (Å²) in [5.74, 6) is -0.0276. The summed E-state index contributed by atoms with van der Waals surface area (Å²) in [4.78, 5) is 26.2. The third-order valence-electron chi connectivity index (χ3n) is 3.96. The van der Waals surface area contributed by atoms with Crippen LogP contribution in [-0.2, 0) is 16.0 Å². The van der Waals surface area contributed by atoms with E-state index >= 15 is 0 Å². The van der Waals surface area contributed by atoms with Gasteiger partial charge in [0.25, 0.3) is 0 Å². The van der Waals surface area contributed by atoms with Crippen molar-refractivity contribution in [3.8, 4) is 0 Å². The lowest BCUT2D eigenvalue weighted by atomic mass is 10.1. The molecule has 1 aromatic rings. The van der Waals surface area contributed by atoms with Gasteiger partial charge in [-0.1, -0.05) is 30.3 Å². The van der Waals surface area contributed by atoms with E-state index in [1.54, 1.807) is 0 Å². The summed E-state index contributed by atoms with van der Waals surface area (Å²) in [6, 6.07) is 10.0. The van der Waals surface area contributed by atoms with E-state index in [9.17, 15) is 9.59 Å². The van der Waals surface area contributed by atoms with Crippen LogP contribution in [0.5, 0.6) is 0 Å². The van der Waals surface area contributed by atoms with Gasteiger partial charge in [0, 0.05) is 25.7 Å². The fraction of sp³-hybridized carbons (Fsp3) is 0.556. The number of nitrogens with zero attached hydrogens (tertiary/aromatic N) is 1. The van der Waals surface area contributed by atoms with E-state index in [4.69, 9.17) is 0 Å². The van der Waals surface area contributed by atoms with Crippen LogP contribution >= 0.6 is 12.4 Å². The summed E-state index contributed by atoms with van der Waals surface area (Å²) in [7, 11) is 0. The van der Waals surface area contributed by atoms with Gasteiger partial charge in [0.15, 0.2) is 0 Å². The molecule has 0 spiro atoms. The maximum atomic E-state index is 12.5. The molecule has 134 valence electrons. The Kier molecular flexibility index (Phi) is 8.79. The number of hydrogen-bond donors (Lipinski definition) is 2. The summed E-state index contributed by atoms with van der Waals surface area (Å²) >= 11 is 0. The number of halogens is 1. The van der Waals surface area contributed by atoms with Gasteiger partial charge in [0.05, 0.1) is 12.5 Å². The van der Waals surface area contributed by atoms with Gasteiger partial charge >= 0.3 is 0 Å². The molecule has 0 aromatic heterocycles. The maximum absolute atomic E-state index is 12.5. The minimum absolute atomic E-state index is 0. The predicted octanol–water partition coefficient (Wildman–Crippen LogP) is 1.76. The highest BCUT2D eigenvalue weighted by molar-refractivity contribution is 5.89. The fourth-order valence-electron chi connectivity index (χ4n) is 2.86. The molecule has 0 radical (unpaired) electrons. The SMILES string of the molecule is CC(C)NC(=O)CC1NCCN(CCCc2ccccc2)C1=O.Cl. The van der Waals surface area contributed by atoms with Crippen molar-refractivity contribution in [1.29, 1.82) is 0 Å². The molecule has 6 heteroatoms. The zero-order valence-corrected chi connectivity index (χ0v) is 15.3. The fourth-order valence-corrected chi connectivity index (χ4v) is 2.86. The number of rotatable bonds is 7. The van der Waals surface area contributed by atoms with Gasteiger partial charge in [-0.3, -0.25) is 9.59 Å². The van der Waals surface area contributed by atoms with Crippen molar-refractivity contribution in [1.82, 2.24) is 15.5 Å². The van der Waals surface area contributed by atoms with Gasteiger partial charge < -0.3 is 15.5 Å². The standard InChI is InChI=1S/C18H27N3O2.ClH/c1-14(2)20-17(22)13-16-18(23)21(12-10-19-16)11-6-9-15-7-4-3-5-8-15;/h3-5,7-8,14,16,19H,6,9-13H2,1-2H3,(H,20,22);1H. The summed E-state index contributed by atoms with van der Waals surface area (Å²) in [5, 5.41) is 6.00. The lowest BCUT2D eigenvalue weighted by Crippen LogP contribution is -2.56. The van der Waals surface area contributed by atoms with Crippen molar-refractivity contribution < 1.29 is 9.59 Å². The molecule has 2 N–H and O–H groups in total. The zero-order valence-electron chi connectivity index (χ0n) is 14.5. The third kappa shape index (κ3) is 6.49. The minimum atomic E-state index is -0.390. The van der Waals surface area contributed by atoms with Crippen molar-refractivity contribution in [3.05, 3.63) is 35.9 Å². The molecule has 0 bridgehead atoms. The molecular weight excluding hydrogens is 326 g/mol. The van der Waals surface area contributed by atoms with Crippen LogP contribution < -0.4 is 10.6 Å². The molecule has 0 aliphatic carbocycles. The Hall–Kier alpha value is -1.59. The molecule has 0 saturated carbocycles. The Labute approximate surface area is 150 Å². The highest BCUT2D eigenvalue weighted by Gasteiger charge is 2.29. The van der Waals surface area contributed by atoms with Crippen molar-refractivity contribution >= 4 is 24.2 Å². The molecule has 1 fully saturated rings. The van der Waals surface area contributed by atoms with Crippen LogP contribution in [0.25, 0.3) is 0 Å². The molecule has 1 aliphatic heterocycles. The molecular formula is C18H28ClN3O2. The van der Waals surface area contributed by atoms with Gasteiger partial charge in [-0.05, 0) is 32.3 Å². The van der Waals surface area contributed by atoms with Crippen LogP contribution in [0.15, 0.2) is 30.3 Å². The lowest BCUT2D eigenvalue weighted by Gasteiger charge is -2.33. The average Bonchev–Trinajstić information content (AvgIpc) is 2.51. The molecule has 1 atom stereocenters. The molecule has 1 aromatic carbocycles. The molecule has 1 aliphatic rings. The molecule has 1 heterocycles. The summed E-state index contributed by atoms with van der Waals surface area (Å²) in [5.41, 5.74) is 1.29. The molecule has 2 amide bonds. The number of benzene rings is 1. The number of carbonyl (C=O) groups is 2. The second-order valence-electron chi connectivity index (χ2n) is 6.35. The number of aryl methyl sites for hydroxylation is 1. The Morgan fingerprint density at radius 1 is 1.33 bits per heavy atom. The van der Waals surface area contributed by atoms with E-state index in [0.717, 1.165) is 32.5 Å². The topological polar surface area (TPSA) is 61.4 Å². The summed E-state index contributed by atoms with van der Waals surface area (Å²) < 4.78 is 0. The number of nitrogens with one attached hydrogen (secondary N) is 2. The van der Waals surface area contributed by atoms with Crippen LogP contribution in [0.4, 0.5) is 0 Å².